The predicted molar refractivity (Wildman–Crippen MR) is 83.9 cm³/mol. The number of nitrogens with zero attached hydrogens (tertiary/aromatic N) is 2. The molecule has 1 aromatic rings. The van der Waals surface area contributed by atoms with Gasteiger partial charge in [0.05, 0.1) is 5.02 Å². The lowest BCUT2D eigenvalue weighted by Gasteiger charge is -2.34. The minimum atomic E-state index is -0.796. The molecule has 1 aromatic heterocycles. The number of likely N-dealkylation sites (tertiary alicyclic amines) is 1. The minimum absolute atomic E-state index is 0.0714. The van der Waals surface area contributed by atoms with Crippen molar-refractivity contribution in [3.63, 3.8) is 0 Å². The normalized spacial score (nSPS) is 17.9. The number of carboxylic acids is 1. The van der Waals surface area contributed by atoms with E-state index in [1.165, 1.54) is 6.20 Å². The Labute approximate surface area is 134 Å². The van der Waals surface area contributed by atoms with Crippen LogP contribution in [-0.4, -0.2) is 46.0 Å². The van der Waals surface area contributed by atoms with E-state index in [0.29, 0.717) is 43.2 Å². The van der Waals surface area contributed by atoms with Gasteiger partial charge in [-0.25, -0.2) is 4.98 Å². The average Bonchev–Trinajstić information content (AvgIpc) is 2.50. The van der Waals surface area contributed by atoms with E-state index in [4.69, 9.17) is 11.6 Å². The molecule has 0 aromatic carbocycles. The number of halogens is 1. The summed E-state index contributed by atoms with van der Waals surface area (Å²) in [4.78, 5) is 29.4. The van der Waals surface area contributed by atoms with E-state index in [-0.39, 0.29) is 11.8 Å². The summed E-state index contributed by atoms with van der Waals surface area (Å²) in [6.07, 6.45) is 3.37. The molecule has 1 saturated heterocycles. The van der Waals surface area contributed by atoms with Crippen LogP contribution in [0.4, 0.5) is 5.82 Å². The SMILES string of the molecule is CCC(C(=O)O)N1CCC(C(=O)Nc2ccc(Cl)cn2)CC1. The number of piperidine rings is 1. The number of hydrogen-bond acceptors (Lipinski definition) is 4. The molecule has 1 amide bonds. The van der Waals surface area contributed by atoms with E-state index in [9.17, 15) is 14.7 Å². The third kappa shape index (κ3) is 4.18. The molecule has 1 unspecified atom stereocenters. The van der Waals surface area contributed by atoms with Crippen LogP contribution >= 0.6 is 11.6 Å². The topological polar surface area (TPSA) is 82.5 Å². The van der Waals surface area contributed by atoms with E-state index in [1.807, 2.05) is 11.8 Å². The lowest BCUT2D eigenvalue weighted by molar-refractivity contribution is -0.144. The molecule has 0 aliphatic carbocycles. The van der Waals surface area contributed by atoms with Gasteiger partial charge >= 0.3 is 5.97 Å². The van der Waals surface area contributed by atoms with Gasteiger partial charge < -0.3 is 10.4 Å². The van der Waals surface area contributed by atoms with Gasteiger partial charge in [0.1, 0.15) is 11.9 Å². The standard InChI is InChI=1S/C15H20ClN3O3/c1-2-12(15(21)22)19-7-5-10(6-8-19)14(20)18-13-4-3-11(16)9-17-13/h3-4,9-10,12H,2,5-8H2,1H3,(H,21,22)(H,17,18,20). The maximum Gasteiger partial charge on any atom is 0.320 e. The highest BCUT2D eigenvalue weighted by Gasteiger charge is 2.31. The summed E-state index contributed by atoms with van der Waals surface area (Å²) in [5.74, 6) is -0.498. The van der Waals surface area contributed by atoms with Gasteiger partial charge in [-0.1, -0.05) is 18.5 Å². The van der Waals surface area contributed by atoms with E-state index in [0.717, 1.165) is 0 Å². The summed E-state index contributed by atoms with van der Waals surface area (Å²) < 4.78 is 0. The first-order valence-corrected chi connectivity index (χ1v) is 7.78. The molecular weight excluding hydrogens is 306 g/mol. The predicted octanol–water partition coefficient (Wildman–Crippen LogP) is 2.25. The number of rotatable bonds is 5. The molecule has 1 fully saturated rings. The van der Waals surface area contributed by atoms with Crippen molar-refractivity contribution in [1.29, 1.82) is 0 Å². The first-order chi connectivity index (χ1) is 10.5. The quantitative estimate of drug-likeness (QED) is 0.867. The molecule has 1 aliphatic rings. The van der Waals surface area contributed by atoms with Crippen molar-refractivity contribution in [3.8, 4) is 0 Å². The maximum absolute atomic E-state index is 12.2. The Balaban J connectivity index is 1.87. The zero-order valence-corrected chi connectivity index (χ0v) is 13.2. The van der Waals surface area contributed by atoms with Crippen LogP contribution in [0.5, 0.6) is 0 Å². The third-order valence-corrected chi connectivity index (χ3v) is 4.22. The van der Waals surface area contributed by atoms with Crippen molar-refractivity contribution >= 4 is 29.3 Å². The Bertz CT molecular complexity index is 527. The molecular formula is C15H20ClN3O3. The zero-order valence-electron chi connectivity index (χ0n) is 12.5. The molecule has 120 valence electrons. The number of carbonyl (C=O) groups excluding carboxylic acids is 1. The van der Waals surface area contributed by atoms with Gasteiger partial charge in [-0.15, -0.1) is 0 Å². The van der Waals surface area contributed by atoms with Crippen molar-refractivity contribution < 1.29 is 14.7 Å². The summed E-state index contributed by atoms with van der Waals surface area (Å²) in [5.41, 5.74) is 0. The molecule has 0 saturated carbocycles. The van der Waals surface area contributed by atoms with Gasteiger partial charge in [0, 0.05) is 12.1 Å². The highest BCUT2D eigenvalue weighted by molar-refractivity contribution is 6.30. The molecule has 0 spiro atoms. The Hall–Kier alpha value is -1.66. The number of anilines is 1. The van der Waals surface area contributed by atoms with Crippen LogP contribution in [0.15, 0.2) is 18.3 Å². The Morgan fingerprint density at radius 3 is 2.64 bits per heavy atom. The summed E-state index contributed by atoms with van der Waals surface area (Å²) in [5, 5.41) is 12.5. The van der Waals surface area contributed by atoms with Crippen LogP contribution in [0.2, 0.25) is 5.02 Å². The molecule has 0 radical (unpaired) electrons. The number of amides is 1. The third-order valence-electron chi connectivity index (χ3n) is 3.99. The number of pyridine rings is 1. The number of carbonyl (C=O) groups is 2. The molecule has 0 bridgehead atoms. The highest BCUT2D eigenvalue weighted by Crippen LogP contribution is 2.22. The van der Waals surface area contributed by atoms with Crippen LogP contribution in [0.3, 0.4) is 0 Å². The van der Waals surface area contributed by atoms with Crippen LogP contribution in [0.25, 0.3) is 0 Å². The lowest BCUT2D eigenvalue weighted by atomic mass is 9.94. The molecule has 1 atom stereocenters. The first-order valence-electron chi connectivity index (χ1n) is 7.40. The van der Waals surface area contributed by atoms with Crippen molar-refractivity contribution in [3.05, 3.63) is 23.4 Å². The number of carboxylic acid groups (broad SMARTS) is 1. The molecule has 2 N–H and O–H groups in total. The smallest absolute Gasteiger partial charge is 0.320 e. The summed E-state index contributed by atoms with van der Waals surface area (Å²) >= 11 is 5.75. The average molecular weight is 326 g/mol. The fraction of sp³-hybridized carbons (Fsp3) is 0.533. The van der Waals surface area contributed by atoms with Crippen LogP contribution in [0, 0.1) is 5.92 Å². The van der Waals surface area contributed by atoms with Crippen molar-refractivity contribution in [2.24, 2.45) is 5.92 Å². The van der Waals surface area contributed by atoms with Crippen molar-refractivity contribution in [2.75, 3.05) is 18.4 Å². The summed E-state index contributed by atoms with van der Waals surface area (Å²) in [6, 6.07) is 2.88. The van der Waals surface area contributed by atoms with Gasteiger partial charge in [0.15, 0.2) is 0 Å². The summed E-state index contributed by atoms with van der Waals surface area (Å²) in [6.45, 7) is 3.11. The van der Waals surface area contributed by atoms with Crippen molar-refractivity contribution in [2.45, 2.75) is 32.2 Å². The monoisotopic (exact) mass is 325 g/mol. The molecule has 2 heterocycles. The van der Waals surface area contributed by atoms with Gasteiger partial charge in [-0.05, 0) is 44.5 Å². The zero-order chi connectivity index (χ0) is 16.1. The van der Waals surface area contributed by atoms with Gasteiger partial charge in [-0.2, -0.15) is 0 Å². The van der Waals surface area contributed by atoms with E-state index in [1.54, 1.807) is 12.1 Å². The maximum atomic E-state index is 12.2. The van der Waals surface area contributed by atoms with Gasteiger partial charge in [0.2, 0.25) is 5.91 Å². The fourth-order valence-electron chi connectivity index (χ4n) is 2.74. The molecule has 7 heteroatoms. The van der Waals surface area contributed by atoms with Crippen molar-refractivity contribution in [1.82, 2.24) is 9.88 Å². The largest absolute Gasteiger partial charge is 0.480 e. The molecule has 6 nitrogen and oxygen atoms in total. The van der Waals surface area contributed by atoms with Crippen LogP contribution in [0.1, 0.15) is 26.2 Å². The van der Waals surface area contributed by atoms with Gasteiger partial charge in [-0.3, -0.25) is 14.5 Å². The Morgan fingerprint density at radius 1 is 1.45 bits per heavy atom. The van der Waals surface area contributed by atoms with E-state index < -0.39 is 12.0 Å². The molecule has 1 aliphatic heterocycles. The molecule has 2 rings (SSSR count). The second kappa shape index (κ2) is 7.56. The highest BCUT2D eigenvalue weighted by atomic mass is 35.5. The molecule has 22 heavy (non-hydrogen) atoms. The summed E-state index contributed by atoms with van der Waals surface area (Å²) in [7, 11) is 0. The first kappa shape index (κ1) is 16.7. The number of nitrogens with one attached hydrogen (secondary N) is 1. The number of aliphatic carboxylic acids is 1. The minimum Gasteiger partial charge on any atom is -0.480 e. The second-order valence-corrected chi connectivity index (χ2v) is 5.86. The van der Waals surface area contributed by atoms with Gasteiger partial charge in [0.25, 0.3) is 0 Å². The number of hydrogen-bond donors (Lipinski definition) is 2. The van der Waals surface area contributed by atoms with Crippen LogP contribution in [-0.2, 0) is 9.59 Å². The second-order valence-electron chi connectivity index (χ2n) is 5.42. The lowest BCUT2D eigenvalue weighted by Crippen LogP contribution is -2.46. The van der Waals surface area contributed by atoms with E-state index >= 15 is 0 Å². The number of aromatic nitrogens is 1. The Kier molecular flexibility index (Phi) is 5.74. The van der Waals surface area contributed by atoms with E-state index in [2.05, 4.69) is 10.3 Å². The van der Waals surface area contributed by atoms with Crippen LogP contribution < -0.4 is 5.32 Å². The fourth-order valence-corrected chi connectivity index (χ4v) is 2.85. The Morgan fingerprint density at radius 2 is 2.14 bits per heavy atom.